The summed E-state index contributed by atoms with van der Waals surface area (Å²) in [6.07, 6.45) is -2.59. The monoisotopic (exact) mass is 562 g/mol. The van der Waals surface area contributed by atoms with Crippen molar-refractivity contribution in [1.29, 1.82) is 5.26 Å². The van der Waals surface area contributed by atoms with E-state index in [2.05, 4.69) is 4.98 Å². The largest absolute Gasteiger partial charge is 0.419 e. The third kappa shape index (κ3) is 3.64. The standard InChI is InChI=1S/C20H15F4IN4OS/c21-14-7-12(2-3-15(14)25)29-18(31)28(17(30)19(29)4-1-5-19)10-11-6-13(20(22,23)24)16(8-26)27-9-11/h2-3,6-7,9,17,30H,1,4-5,10H2. The van der Waals surface area contributed by atoms with Crippen LogP contribution in [-0.4, -0.2) is 31.9 Å². The molecular weight excluding hydrogens is 547 g/mol. The fourth-order valence-corrected chi connectivity index (χ4v) is 4.88. The van der Waals surface area contributed by atoms with Gasteiger partial charge in [-0.1, -0.05) is 0 Å². The van der Waals surface area contributed by atoms with Crippen molar-refractivity contribution >= 4 is 45.6 Å². The number of halogens is 5. The van der Waals surface area contributed by atoms with Crippen LogP contribution in [0, 0.1) is 20.7 Å². The average Bonchev–Trinajstić information content (AvgIpc) is 2.91. The van der Waals surface area contributed by atoms with Gasteiger partial charge in [0, 0.05) is 22.0 Å². The molecule has 1 aliphatic heterocycles. The second kappa shape index (κ2) is 7.83. The highest BCUT2D eigenvalue weighted by atomic mass is 127. The number of pyridine rings is 1. The van der Waals surface area contributed by atoms with E-state index in [9.17, 15) is 22.7 Å². The van der Waals surface area contributed by atoms with Gasteiger partial charge in [-0.3, -0.25) is 0 Å². The molecule has 2 heterocycles. The summed E-state index contributed by atoms with van der Waals surface area (Å²) < 4.78 is 54.5. The van der Waals surface area contributed by atoms with Crippen molar-refractivity contribution in [2.24, 2.45) is 0 Å². The Morgan fingerprint density at radius 1 is 1.32 bits per heavy atom. The molecular formula is C20H15F4IN4OS. The lowest BCUT2D eigenvalue weighted by Gasteiger charge is -2.46. The average molecular weight is 562 g/mol. The summed E-state index contributed by atoms with van der Waals surface area (Å²) >= 11 is 7.44. The number of anilines is 1. The van der Waals surface area contributed by atoms with Gasteiger partial charge in [-0.2, -0.15) is 18.4 Å². The van der Waals surface area contributed by atoms with Crippen molar-refractivity contribution < 1.29 is 22.7 Å². The van der Waals surface area contributed by atoms with Crippen LogP contribution in [0.25, 0.3) is 0 Å². The molecule has 162 valence electrons. The van der Waals surface area contributed by atoms with Crippen LogP contribution >= 0.6 is 34.8 Å². The predicted octanol–water partition coefficient (Wildman–Crippen LogP) is 4.56. The number of nitriles is 1. The summed E-state index contributed by atoms with van der Waals surface area (Å²) in [5.41, 5.74) is -1.98. The maximum absolute atomic E-state index is 14.2. The molecule has 1 N–H and O–H groups in total. The number of aliphatic hydroxyl groups excluding tert-OH is 1. The summed E-state index contributed by atoms with van der Waals surface area (Å²) in [6, 6.07) is 6.95. The Kier molecular flexibility index (Phi) is 5.60. The van der Waals surface area contributed by atoms with Crippen molar-refractivity contribution in [3.8, 4) is 6.07 Å². The first kappa shape index (κ1) is 22.2. The molecule has 4 rings (SSSR count). The fourth-order valence-electron chi connectivity index (χ4n) is 4.09. The third-order valence-electron chi connectivity index (χ3n) is 5.75. The molecule has 1 saturated carbocycles. The fraction of sp³-hybridized carbons (Fsp3) is 0.350. The smallest absolute Gasteiger partial charge is 0.371 e. The summed E-state index contributed by atoms with van der Waals surface area (Å²) in [7, 11) is 0. The Balaban J connectivity index is 1.70. The van der Waals surface area contributed by atoms with Gasteiger partial charge in [-0.25, -0.2) is 9.37 Å². The number of aliphatic hydroxyl groups is 1. The second-order valence-corrected chi connectivity index (χ2v) is 9.05. The van der Waals surface area contributed by atoms with Crippen LogP contribution in [0.5, 0.6) is 0 Å². The molecule has 1 aromatic heterocycles. The summed E-state index contributed by atoms with van der Waals surface area (Å²) in [4.78, 5) is 6.76. The van der Waals surface area contributed by atoms with Crippen LogP contribution in [0.15, 0.2) is 30.5 Å². The Hall–Kier alpha value is -2.04. The van der Waals surface area contributed by atoms with Crippen molar-refractivity contribution in [3.63, 3.8) is 0 Å². The van der Waals surface area contributed by atoms with E-state index < -0.39 is 35.0 Å². The second-order valence-electron chi connectivity index (χ2n) is 7.52. The van der Waals surface area contributed by atoms with Crippen LogP contribution in [-0.2, 0) is 12.7 Å². The number of benzene rings is 1. The molecule has 11 heteroatoms. The van der Waals surface area contributed by atoms with Crippen LogP contribution < -0.4 is 4.90 Å². The highest BCUT2D eigenvalue weighted by Crippen LogP contribution is 2.49. The van der Waals surface area contributed by atoms with Gasteiger partial charge < -0.3 is 14.9 Å². The van der Waals surface area contributed by atoms with Crippen molar-refractivity contribution in [2.75, 3.05) is 4.90 Å². The Morgan fingerprint density at radius 3 is 2.58 bits per heavy atom. The number of thiocarbonyl (C=S) groups is 1. The molecule has 2 aliphatic rings. The van der Waals surface area contributed by atoms with Crippen LogP contribution in [0.2, 0.25) is 0 Å². The lowest BCUT2D eigenvalue weighted by atomic mass is 9.74. The van der Waals surface area contributed by atoms with E-state index in [0.717, 1.165) is 12.5 Å². The number of rotatable bonds is 3. The zero-order valence-corrected chi connectivity index (χ0v) is 18.8. The molecule has 1 spiro atoms. The van der Waals surface area contributed by atoms with E-state index in [1.165, 1.54) is 23.2 Å². The first-order valence-corrected chi connectivity index (χ1v) is 10.8. The van der Waals surface area contributed by atoms with Crippen LogP contribution in [0.3, 0.4) is 0 Å². The molecule has 2 fully saturated rings. The first-order chi connectivity index (χ1) is 14.6. The molecule has 1 unspecified atom stereocenters. The molecule has 0 radical (unpaired) electrons. The van der Waals surface area contributed by atoms with Gasteiger partial charge in [-0.05, 0) is 83.9 Å². The molecule has 0 amide bonds. The maximum atomic E-state index is 14.2. The normalized spacial score (nSPS) is 20.2. The minimum atomic E-state index is -4.74. The predicted molar refractivity (Wildman–Crippen MR) is 116 cm³/mol. The number of hydrogen-bond acceptors (Lipinski definition) is 4. The Labute approximate surface area is 194 Å². The van der Waals surface area contributed by atoms with E-state index in [0.29, 0.717) is 22.1 Å². The van der Waals surface area contributed by atoms with Gasteiger partial charge >= 0.3 is 6.18 Å². The quantitative estimate of drug-likeness (QED) is 0.336. The molecule has 5 nitrogen and oxygen atoms in total. The van der Waals surface area contributed by atoms with Crippen molar-refractivity contribution in [2.45, 2.75) is 43.8 Å². The Morgan fingerprint density at radius 2 is 2.03 bits per heavy atom. The van der Waals surface area contributed by atoms with Gasteiger partial charge in [0.2, 0.25) is 0 Å². The first-order valence-electron chi connectivity index (χ1n) is 9.28. The SMILES string of the molecule is N#Cc1ncc(CN2C(=S)N(c3ccc(I)c(F)c3)C3(CCC3)C2O)cc1C(F)(F)F. The molecule has 31 heavy (non-hydrogen) atoms. The lowest BCUT2D eigenvalue weighted by Crippen LogP contribution is -2.57. The number of hydrogen-bond donors (Lipinski definition) is 1. The molecule has 1 atom stereocenters. The molecule has 0 bridgehead atoms. The molecule has 1 saturated heterocycles. The van der Waals surface area contributed by atoms with Gasteiger partial charge in [0.1, 0.15) is 11.9 Å². The maximum Gasteiger partial charge on any atom is 0.419 e. The van der Waals surface area contributed by atoms with Gasteiger partial charge in [0.15, 0.2) is 17.0 Å². The van der Waals surface area contributed by atoms with Gasteiger partial charge in [-0.15, -0.1) is 0 Å². The zero-order valence-electron chi connectivity index (χ0n) is 15.8. The minimum absolute atomic E-state index is 0.132. The van der Waals surface area contributed by atoms with Gasteiger partial charge in [0.05, 0.1) is 11.1 Å². The van der Waals surface area contributed by atoms with E-state index in [4.69, 9.17) is 17.5 Å². The van der Waals surface area contributed by atoms with Crippen LogP contribution in [0.4, 0.5) is 23.2 Å². The van der Waals surface area contributed by atoms with Crippen LogP contribution in [0.1, 0.15) is 36.1 Å². The van der Waals surface area contributed by atoms with E-state index >= 15 is 0 Å². The number of aromatic nitrogens is 1. The summed E-state index contributed by atoms with van der Waals surface area (Å²) in [5.74, 6) is -0.422. The summed E-state index contributed by atoms with van der Waals surface area (Å²) in [6.45, 7) is -0.132. The highest BCUT2D eigenvalue weighted by molar-refractivity contribution is 14.1. The lowest BCUT2D eigenvalue weighted by molar-refractivity contribution is -0.138. The molecule has 1 aliphatic carbocycles. The van der Waals surface area contributed by atoms with E-state index in [1.54, 1.807) is 17.0 Å². The molecule has 2 aromatic rings. The van der Waals surface area contributed by atoms with E-state index in [1.807, 2.05) is 22.6 Å². The topological polar surface area (TPSA) is 63.4 Å². The van der Waals surface area contributed by atoms with Gasteiger partial charge in [0.25, 0.3) is 0 Å². The minimum Gasteiger partial charge on any atom is -0.371 e. The molecule has 1 aromatic carbocycles. The van der Waals surface area contributed by atoms with E-state index in [-0.39, 0.29) is 17.2 Å². The zero-order chi connectivity index (χ0) is 22.6. The Bertz CT molecular complexity index is 1100. The summed E-state index contributed by atoms with van der Waals surface area (Å²) in [5, 5.41) is 20.2. The number of nitrogens with zero attached hydrogens (tertiary/aromatic N) is 4. The van der Waals surface area contributed by atoms with Crippen molar-refractivity contribution in [1.82, 2.24) is 9.88 Å². The number of alkyl halides is 3. The third-order valence-corrected chi connectivity index (χ3v) is 7.04. The highest BCUT2D eigenvalue weighted by Gasteiger charge is 2.58. The van der Waals surface area contributed by atoms with Crippen molar-refractivity contribution in [3.05, 3.63) is 56.7 Å².